The molecule has 0 radical (unpaired) electrons. The van der Waals surface area contributed by atoms with E-state index in [1.807, 2.05) is 6.07 Å². The van der Waals surface area contributed by atoms with Crippen LogP contribution in [0, 0.1) is 11.3 Å². The lowest BCUT2D eigenvalue weighted by Gasteiger charge is -2.14. The minimum absolute atomic E-state index is 0.0304. The Balaban J connectivity index is 3.29. The molecule has 0 heterocycles. The lowest BCUT2D eigenvalue weighted by atomic mass is 9.95. The first-order valence-corrected chi connectivity index (χ1v) is 4.60. The van der Waals surface area contributed by atoms with Crippen LogP contribution in [0.25, 0.3) is 0 Å². The first kappa shape index (κ1) is 11.6. The van der Waals surface area contributed by atoms with Gasteiger partial charge in [-0.1, -0.05) is 18.2 Å². The van der Waals surface area contributed by atoms with Gasteiger partial charge in [0.2, 0.25) is 0 Å². The maximum Gasteiger partial charge on any atom is 0.264 e. The van der Waals surface area contributed by atoms with E-state index in [1.54, 1.807) is 19.1 Å². The zero-order valence-corrected chi connectivity index (χ0v) is 8.37. The number of rotatable bonds is 3. The van der Waals surface area contributed by atoms with Gasteiger partial charge in [-0.15, -0.1) is 0 Å². The monoisotopic (exact) mass is 210 g/mol. The molecule has 1 rings (SSSR count). The molecule has 1 unspecified atom stereocenters. The Morgan fingerprint density at radius 1 is 1.40 bits per heavy atom. The summed E-state index contributed by atoms with van der Waals surface area (Å²) in [6.07, 6.45) is -2.59. The number of halogens is 2. The summed E-state index contributed by atoms with van der Waals surface area (Å²) in [6, 6.07) is 6.11. The molecule has 0 saturated heterocycles. The van der Waals surface area contributed by atoms with E-state index in [0.717, 1.165) is 0 Å². The summed E-state index contributed by atoms with van der Waals surface area (Å²) in [4.78, 5) is 0. The third-order valence-corrected chi connectivity index (χ3v) is 2.23. The van der Waals surface area contributed by atoms with Gasteiger partial charge in [0.15, 0.2) is 0 Å². The lowest BCUT2D eigenvalue weighted by Crippen LogP contribution is -2.10. The first-order valence-electron chi connectivity index (χ1n) is 4.60. The molecule has 0 saturated carbocycles. The van der Waals surface area contributed by atoms with Crippen LogP contribution in [-0.4, -0.2) is 0 Å². The van der Waals surface area contributed by atoms with Gasteiger partial charge < -0.3 is 5.73 Å². The van der Waals surface area contributed by atoms with Crippen molar-refractivity contribution < 1.29 is 8.78 Å². The van der Waals surface area contributed by atoms with Crippen LogP contribution in [0.15, 0.2) is 18.2 Å². The number of nitriles is 1. The Hall–Kier alpha value is -1.47. The Labute approximate surface area is 87.3 Å². The minimum atomic E-state index is -2.56. The Morgan fingerprint density at radius 3 is 2.47 bits per heavy atom. The van der Waals surface area contributed by atoms with E-state index in [0.29, 0.717) is 11.1 Å². The number of benzene rings is 1. The number of nitrogens with zero attached hydrogens (tertiary/aromatic N) is 1. The summed E-state index contributed by atoms with van der Waals surface area (Å²) >= 11 is 0. The predicted molar refractivity (Wildman–Crippen MR) is 53.3 cm³/mol. The third-order valence-electron chi connectivity index (χ3n) is 2.23. The van der Waals surface area contributed by atoms with E-state index in [-0.39, 0.29) is 18.0 Å². The minimum Gasteiger partial charge on any atom is -0.324 e. The summed E-state index contributed by atoms with van der Waals surface area (Å²) in [7, 11) is 0. The molecule has 0 amide bonds. The van der Waals surface area contributed by atoms with Gasteiger partial charge in [-0.25, -0.2) is 8.78 Å². The predicted octanol–water partition coefficient (Wildman–Crippen LogP) is 2.71. The third kappa shape index (κ3) is 2.51. The molecule has 1 aromatic carbocycles. The van der Waals surface area contributed by atoms with Crippen molar-refractivity contribution in [2.75, 3.05) is 0 Å². The van der Waals surface area contributed by atoms with Crippen molar-refractivity contribution in [3.63, 3.8) is 0 Å². The Morgan fingerprint density at radius 2 is 2.00 bits per heavy atom. The molecule has 0 bridgehead atoms. The second-order valence-electron chi connectivity index (χ2n) is 3.34. The second kappa shape index (κ2) is 4.85. The number of alkyl halides is 2. The average molecular weight is 210 g/mol. The van der Waals surface area contributed by atoms with Gasteiger partial charge in [-0.3, -0.25) is 0 Å². The highest BCUT2D eigenvalue weighted by Gasteiger charge is 2.17. The maximum absolute atomic E-state index is 12.6. The quantitative estimate of drug-likeness (QED) is 0.833. The molecule has 1 atom stereocenters. The molecule has 1 aromatic rings. The van der Waals surface area contributed by atoms with Gasteiger partial charge in [0.25, 0.3) is 6.43 Å². The maximum atomic E-state index is 12.6. The van der Waals surface area contributed by atoms with Crippen LogP contribution in [-0.2, 0) is 6.42 Å². The molecule has 0 aliphatic carbocycles. The highest BCUT2D eigenvalue weighted by Crippen LogP contribution is 2.28. The molecule has 0 aliphatic rings. The largest absolute Gasteiger partial charge is 0.324 e. The molecule has 0 aromatic heterocycles. The summed E-state index contributed by atoms with van der Waals surface area (Å²) < 4.78 is 25.3. The molecular weight excluding hydrogens is 198 g/mol. The summed E-state index contributed by atoms with van der Waals surface area (Å²) in [5.74, 6) is 0. The molecule has 15 heavy (non-hydrogen) atoms. The zero-order chi connectivity index (χ0) is 11.4. The van der Waals surface area contributed by atoms with E-state index < -0.39 is 6.43 Å². The van der Waals surface area contributed by atoms with Crippen LogP contribution in [0.1, 0.15) is 36.1 Å². The normalized spacial score (nSPS) is 12.5. The number of hydrogen-bond acceptors (Lipinski definition) is 2. The van der Waals surface area contributed by atoms with Crippen molar-refractivity contribution in [2.45, 2.75) is 25.8 Å². The van der Waals surface area contributed by atoms with Gasteiger partial charge >= 0.3 is 0 Å². The van der Waals surface area contributed by atoms with Crippen molar-refractivity contribution >= 4 is 0 Å². The second-order valence-corrected chi connectivity index (χ2v) is 3.34. The fraction of sp³-hybridized carbons (Fsp3) is 0.364. The van der Waals surface area contributed by atoms with E-state index in [4.69, 9.17) is 11.0 Å². The van der Waals surface area contributed by atoms with Gasteiger partial charge in [0.1, 0.15) is 0 Å². The van der Waals surface area contributed by atoms with E-state index in [1.165, 1.54) is 6.07 Å². The molecule has 0 fully saturated rings. The summed E-state index contributed by atoms with van der Waals surface area (Å²) in [5, 5.41) is 8.60. The molecule has 0 aliphatic heterocycles. The summed E-state index contributed by atoms with van der Waals surface area (Å²) in [5.41, 5.74) is 6.55. The van der Waals surface area contributed by atoms with Crippen molar-refractivity contribution in [3.8, 4) is 6.07 Å². The Bertz CT molecular complexity index is 354. The van der Waals surface area contributed by atoms with Crippen LogP contribution in [0.5, 0.6) is 0 Å². The SMILES string of the molecule is CC(N)c1cccc(C(F)F)c1CC#N. The standard InChI is InChI=1S/C11H12F2N2/c1-7(15)8-3-2-4-10(11(12)13)9(8)5-6-14/h2-4,7,11H,5,15H2,1H3. The van der Waals surface area contributed by atoms with Gasteiger partial charge in [-0.05, 0) is 18.1 Å². The summed E-state index contributed by atoms with van der Waals surface area (Å²) in [6.45, 7) is 1.71. The Kier molecular flexibility index (Phi) is 3.75. The van der Waals surface area contributed by atoms with Crippen LogP contribution in [0.3, 0.4) is 0 Å². The van der Waals surface area contributed by atoms with E-state index >= 15 is 0 Å². The van der Waals surface area contributed by atoms with Crippen LogP contribution < -0.4 is 5.73 Å². The first-order chi connectivity index (χ1) is 7.07. The molecule has 80 valence electrons. The van der Waals surface area contributed by atoms with Gasteiger partial charge in [0.05, 0.1) is 12.5 Å². The van der Waals surface area contributed by atoms with Crippen molar-refractivity contribution in [3.05, 3.63) is 34.9 Å². The smallest absolute Gasteiger partial charge is 0.264 e. The van der Waals surface area contributed by atoms with Crippen LogP contribution >= 0.6 is 0 Å². The molecule has 2 nitrogen and oxygen atoms in total. The van der Waals surface area contributed by atoms with E-state index in [2.05, 4.69) is 0 Å². The van der Waals surface area contributed by atoms with Crippen molar-refractivity contribution in [1.82, 2.24) is 0 Å². The van der Waals surface area contributed by atoms with E-state index in [9.17, 15) is 8.78 Å². The topological polar surface area (TPSA) is 49.8 Å². The van der Waals surface area contributed by atoms with Crippen molar-refractivity contribution in [1.29, 1.82) is 5.26 Å². The molecular formula is C11H12F2N2. The van der Waals surface area contributed by atoms with Crippen LogP contribution in [0.2, 0.25) is 0 Å². The number of nitrogens with two attached hydrogens (primary N) is 1. The fourth-order valence-electron chi connectivity index (χ4n) is 1.54. The number of hydrogen-bond donors (Lipinski definition) is 1. The van der Waals surface area contributed by atoms with Crippen LogP contribution in [0.4, 0.5) is 8.78 Å². The lowest BCUT2D eigenvalue weighted by molar-refractivity contribution is 0.150. The molecule has 2 N–H and O–H groups in total. The highest BCUT2D eigenvalue weighted by molar-refractivity contribution is 5.39. The zero-order valence-electron chi connectivity index (χ0n) is 8.37. The highest BCUT2D eigenvalue weighted by atomic mass is 19.3. The van der Waals surface area contributed by atoms with Crippen molar-refractivity contribution in [2.24, 2.45) is 5.73 Å². The van der Waals surface area contributed by atoms with Gasteiger partial charge in [-0.2, -0.15) is 5.26 Å². The van der Waals surface area contributed by atoms with Gasteiger partial charge in [0, 0.05) is 11.6 Å². The molecule has 0 spiro atoms. The molecule has 4 heteroatoms. The average Bonchev–Trinajstić information content (AvgIpc) is 2.17. The fourth-order valence-corrected chi connectivity index (χ4v) is 1.54.